The number of aliphatic hydroxyl groups excluding tert-OH is 1. The molecule has 1 aromatic carbocycles. The Kier molecular flexibility index (Phi) is 10.4. The van der Waals surface area contributed by atoms with E-state index in [1.807, 2.05) is 35.3 Å². The number of rotatable bonds is 14. The van der Waals surface area contributed by atoms with Gasteiger partial charge in [0.15, 0.2) is 11.4 Å². The van der Waals surface area contributed by atoms with Crippen LogP contribution in [0.1, 0.15) is 61.2 Å². The third-order valence-corrected chi connectivity index (χ3v) is 8.42. The van der Waals surface area contributed by atoms with Gasteiger partial charge in [-0.05, 0) is 37.3 Å². The summed E-state index contributed by atoms with van der Waals surface area (Å²) < 4.78 is 13.7. The van der Waals surface area contributed by atoms with Crippen molar-refractivity contribution >= 4 is 14.0 Å². The van der Waals surface area contributed by atoms with Crippen LogP contribution in [0, 0.1) is 0 Å². The van der Waals surface area contributed by atoms with Crippen molar-refractivity contribution in [3.05, 3.63) is 64.1 Å². The molecule has 9 heteroatoms. The molecule has 0 saturated carbocycles. The SMILES string of the molecule is CCCCOc1c2n(ccc1=O)N(COCC[Si](C)(C)C)C(CCCC(O)c1ccccc1)N(C)C2=O. The van der Waals surface area contributed by atoms with Crippen molar-refractivity contribution in [2.24, 2.45) is 0 Å². The average Bonchev–Trinajstić information content (AvgIpc) is 2.87. The molecule has 0 bridgehead atoms. The van der Waals surface area contributed by atoms with Gasteiger partial charge in [-0.3, -0.25) is 19.3 Å². The molecule has 0 radical (unpaired) electrons. The number of hydrogen-bond donors (Lipinski definition) is 1. The van der Waals surface area contributed by atoms with Crippen LogP contribution >= 0.6 is 0 Å². The lowest BCUT2D eigenvalue weighted by molar-refractivity contribution is 0.0462. The number of amides is 1. The third-order valence-electron chi connectivity index (χ3n) is 6.71. The molecule has 3 rings (SSSR count). The molecule has 37 heavy (non-hydrogen) atoms. The molecule has 1 N–H and O–H groups in total. The Balaban J connectivity index is 1.83. The Hall–Kier alpha value is -2.62. The molecule has 0 saturated heterocycles. The number of fused-ring (bicyclic) bond motifs is 1. The van der Waals surface area contributed by atoms with E-state index >= 15 is 0 Å². The smallest absolute Gasteiger partial charge is 0.277 e. The zero-order valence-corrected chi connectivity index (χ0v) is 24.0. The number of aromatic nitrogens is 1. The highest BCUT2D eigenvalue weighted by atomic mass is 28.3. The summed E-state index contributed by atoms with van der Waals surface area (Å²) in [6, 6.07) is 12.1. The minimum absolute atomic E-state index is 0.0952. The number of carbonyl (C=O) groups is 1. The van der Waals surface area contributed by atoms with Crippen LogP contribution in [0.25, 0.3) is 0 Å². The van der Waals surface area contributed by atoms with Crippen molar-refractivity contribution < 1.29 is 19.4 Å². The lowest BCUT2D eigenvalue weighted by Crippen LogP contribution is -2.60. The molecule has 1 amide bonds. The second kappa shape index (κ2) is 13.3. The topological polar surface area (TPSA) is 84.2 Å². The van der Waals surface area contributed by atoms with Crippen molar-refractivity contribution in [2.75, 3.05) is 32.0 Å². The summed E-state index contributed by atoms with van der Waals surface area (Å²) in [4.78, 5) is 27.9. The molecule has 1 aliphatic heterocycles. The second-order valence-corrected chi connectivity index (χ2v) is 16.6. The van der Waals surface area contributed by atoms with E-state index in [1.54, 1.807) is 22.8 Å². The molecule has 2 aromatic rings. The van der Waals surface area contributed by atoms with Gasteiger partial charge in [0.1, 0.15) is 12.9 Å². The summed E-state index contributed by atoms with van der Waals surface area (Å²) in [6.07, 6.45) is 4.44. The number of nitrogens with zero attached hydrogens (tertiary/aromatic N) is 3. The Labute approximate surface area is 221 Å². The number of ether oxygens (including phenoxy) is 2. The molecular formula is C28H43N3O5Si. The summed E-state index contributed by atoms with van der Waals surface area (Å²) >= 11 is 0. The number of aliphatic hydroxyl groups is 1. The van der Waals surface area contributed by atoms with Crippen molar-refractivity contribution in [1.82, 2.24) is 9.58 Å². The predicted octanol–water partition coefficient (Wildman–Crippen LogP) is 4.59. The van der Waals surface area contributed by atoms with E-state index in [2.05, 4.69) is 26.6 Å². The van der Waals surface area contributed by atoms with Gasteiger partial charge in [0.25, 0.3) is 5.91 Å². The lowest BCUT2D eigenvalue weighted by atomic mass is 10.0. The average molecular weight is 530 g/mol. The summed E-state index contributed by atoms with van der Waals surface area (Å²) in [5.41, 5.74) is 0.826. The number of unbranched alkanes of at least 4 members (excludes halogenated alkanes) is 1. The largest absolute Gasteiger partial charge is 0.487 e. The first-order chi connectivity index (χ1) is 17.6. The van der Waals surface area contributed by atoms with Crippen molar-refractivity contribution in [3.63, 3.8) is 0 Å². The Bertz CT molecular complexity index is 1070. The zero-order valence-electron chi connectivity index (χ0n) is 23.0. The van der Waals surface area contributed by atoms with Crippen LogP contribution in [-0.4, -0.2) is 61.8 Å². The molecule has 204 valence electrons. The zero-order chi connectivity index (χ0) is 27.0. The fourth-order valence-corrected chi connectivity index (χ4v) is 5.14. The van der Waals surface area contributed by atoms with Gasteiger partial charge in [-0.1, -0.05) is 63.3 Å². The molecule has 0 fully saturated rings. The van der Waals surface area contributed by atoms with Crippen LogP contribution in [0.5, 0.6) is 5.75 Å². The molecular weight excluding hydrogens is 486 g/mol. The maximum Gasteiger partial charge on any atom is 0.277 e. The van der Waals surface area contributed by atoms with Crippen LogP contribution in [-0.2, 0) is 4.74 Å². The molecule has 2 unspecified atom stereocenters. The second-order valence-electron chi connectivity index (χ2n) is 10.9. The first-order valence-corrected chi connectivity index (χ1v) is 17.1. The van der Waals surface area contributed by atoms with E-state index in [1.165, 1.54) is 6.07 Å². The summed E-state index contributed by atoms with van der Waals surface area (Å²) in [7, 11) is 0.494. The number of pyridine rings is 1. The normalized spacial score (nSPS) is 16.6. The van der Waals surface area contributed by atoms with Crippen LogP contribution in [0.2, 0.25) is 25.7 Å². The van der Waals surface area contributed by atoms with Gasteiger partial charge in [-0.2, -0.15) is 0 Å². The summed E-state index contributed by atoms with van der Waals surface area (Å²) in [5.74, 6) is -0.158. The quantitative estimate of drug-likeness (QED) is 0.285. The number of carbonyl (C=O) groups excluding carboxylic acids is 1. The van der Waals surface area contributed by atoms with Crippen LogP contribution in [0.15, 0.2) is 47.4 Å². The van der Waals surface area contributed by atoms with Gasteiger partial charge < -0.3 is 19.5 Å². The first-order valence-electron chi connectivity index (χ1n) is 13.4. The highest BCUT2D eigenvalue weighted by Gasteiger charge is 2.38. The Morgan fingerprint density at radius 3 is 2.46 bits per heavy atom. The van der Waals surface area contributed by atoms with E-state index in [9.17, 15) is 14.7 Å². The summed E-state index contributed by atoms with van der Waals surface area (Å²) in [5, 5.41) is 12.6. The van der Waals surface area contributed by atoms with Gasteiger partial charge in [-0.25, -0.2) is 0 Å². The monoisotopic (exact) mass is 529 g/mol. The Morgan fingerprint density at radius 2 is 1.78 bits per heavy atom. The fourth-order valence-electron chi connectivity index (χ4n) is 4.39. The van der Waals surface area contributed by atoms with Gasteiger partial charge >= 0.3 is 0 Å². The van der Waals surface area contributed by atoms with Gasteiger partial charge in [-0.15, -0.1) is 0 Å². The standard InChI is InChI=1S/C28H43N3O5Si/c1-6-7-18-36-27-24(33)16-17-30-26(27)28(34)29(2)25(31(30)21-35-19-20-37(3,4)5)15-11-14-23(32)22-12-9-8-10-13-22/h8-10,12-13,16-17,23,25,32H,6-7,11,14-15,18-21H2,1-5H3. The van der Waals surface area contributed by atoms with Crippen molar-refractivity contribution in [2.45, 2.75) is 77.0 Å². The molecule has 2 atom stereocenters. The van der Waals surface area contributed by atoms with Crippen molar-refractivity contribution in [1.29, 1.82) is 0 Å². The molecule has 8 nitrogen and oxygen atoms in total. The van der Waals surface area contributed by atoms with E-state index in [4.69, 9.17) is 9.47 Å². The highest BCUT2D eigenvalue weighted by molar-refractivity contribution is 6.76. The minimum Gasteiger partial charge on any atom is -0.487 e. The Morgan fingerprint density at radius 1 is 1.05 bits per heavy atom. The maximum atomic E-state index is 13.5. The number of hydrogen-bond acceptors (Lipinski definition) is 6. The number of benzene rings is 1. The third kappa shape index (κ3) is 7.69. The first kappa shape index (κ1) is 28.9. The van der Waals surface area contributed by atoms with Gasteiger partial charge in [0.05, 0.1) is 12.7 Å². The summed E-state index contributed by atoms with van der Waals surface area (Å²) in [6.45, 7) is 10.3. The lowest BCUT2D eigenvalue weighted by Gasteiger charge is -2.45. The highest BCUT2D eigenvalue weighted by Crippen LogP contribution is 2.27. The van der Waals surface area contributed by atoms with Crippen LogP contribution < -0.4 is 15.2 Å². The van der Waals surface area contributed by atoms with Gasteiger partial charge in [0, 0.05) is 34.0 Å². The molecule has 2 heterocycles. The fraction of sp³-hybridized carbons (Fsp3) is 0.571. The maximum absolute atomic E-state index is 13.5. The molecule has 0 aliphatic carbocycles. The molecule has 1 aromatic heterocycles. The van der Waals surface area contributed by atoms with Crippen molar-refractivity contribution in [3.8, 4) is 5.75 Å². The predicted molar refractivity (Wildman–Crippen MR) is 149 cm³/mol. The molecule has 1 aliphatic rings. The van der Waals surface area contributed by atoms with E-state index in [0.717, 1.165) is 24.4 Å². The van der Waals surface area contributed by atoms with Gasteiger partial charge in [0.2, 0.25) is 5.43 Å². The van der Waals surface area contributed by atoms with Crippen LogP contribution in [0.3, 0.4) is 0 Å². The van der Waals surface area contributed by atoms with E-state index < -0.39 is 14.2 Å². The van der Waals surface area contributed by atoms with E-state index in [-0.39, 0.29) is 35.7 Å². The van der Waals surface area contributed by atoms with E-state index in [0.29, 0.717) is 32.5 Å². The minimum atomic E-state index is -1.26. The molecule has 0 spiro atoms. The van der Waals surface area contributed by atoms with Crippen LogP contribution in [0.4, 0.5) is 0 Å².